The van der Waals surface area contributed by atoms with Crippen molar-refractivity contribution in [1.82, 2.24) is 10.1 Å². The molecule has 28 heavy (non-hydrogen) atoms. The van der Waals surface area contributed by atoms with Gasteiger partial charge in [-0.3, -0.25) is 0 Å². The molecule has 0 bridgehead atoms. The van der Waals surface area contributed by atoms with E-state index in [0.717, 1.165) is 12.8 Å². The van der Waals surface area contributed by atoms with Crippen LogP contribution in [0.15, 0.2) is 22.7 Å². The summed E-state index contributed by atoms with van der Waals surface area (Å²) in [5, 5.41) is 13.1. The standard InChI is InChI=1S/C20H22F2N2O4/c1-11-9-13(7-8-24(11)20(25)26)27-10-14-18(23-28-19(14)12-5-6-12)17-15(21)3-2-4-16(17)22/h2-4,11-13H,5-10H2,1H3,(H,25,26)/t11-,13?/m1/s1. The summed E-state index contributed by atoms with van der Waals surface area (Å²) >= 11 is 0. The molecule has 2 fully saturated rings. The van der Waals surface area contributed by atoms with Crippen molar-refractivity contribution in [3.63, 3.8) is 0 Å². The van der Waals surface area contributed by atoms with Gasteiger partial charge in [-0.1, -0.05) is 11.2 Å². The Morgan fingerprint density at radius 3 is 2.64 bits per heavy atom. The molecular weight excluding hydrogens is 370 g/mol. The van der Waals surface area contributed by atoms with Crippen LogP contribution in [0.2, 0.25) is 0 Å². The molecule has 6 nitrogen and oxygen atoms in total. The smallest absolute Gasteiger partial charge is 0.407 e. The van der Waals surface area contributed by atoms with E-state index < -0.39 is 17.7 Å². The maximum Gasteiger partial charge on any atom is 0.407 e. The number of ether oxygens (including phenoxy) is 1. The van der Waals surface area contributed by atoms with Crippen molar-refractivity contribution in [2.75, 3.05) is 6.54 Å². The normalized spacial score (nSPS) is 22.5. The molecular formula is C20H22F2N2O4. The lowest BCUT2D eigenvalue weighted by molar-refractivity contribution is -0.0160. The molecule has 2 atom stereocenters. The third-order valence-electron chi connectivity index (χ3n) is 5.50. The first-order valence-corrected chi connectivity index (χ1v) is 9.49. The molecule has 2 aromatic rings. The molecule has 2 aliphatic rings. The van der Waals surface area contributed by atoms with Crippen molar-refractivity contribution >= 4 is 6.09 Å². The van der Waals surface area contributed by atoms with E-state index in [1.807, 2.05) is 6.92 Å². The van der Waals surface area contributed by atoms with Crippen LogP contribution in [0.1, 0.15) is 49.8 Å². The summed E-state index contributed by atoms with van der Waals surface area (Å²) in [5.41, 5.74) is 0.527. The van der Waals surface area contributed by atoms with E-state index in [0.29, 0.717) is 30.7 Å². The van der Waals surface area contributed by atoms with Crippen molar-refractivity contribution in [3.8, 4) is 11.3 Å². The van der Waals surface area contributed by atoms with Crippen LogP contribution in [-0.4, -0.2) is 39.9 Å². The Hall–Kier alpha value is -2.48. The molecule has 1 aromatic heterocycles. The largest absolute Gasteiger partial charge is 0.465 e. The summed E-state index contributed by atoms with van der Waals surface area (Å²) in [4.78, 5) is 12.6. The van der Waals surface area contributed by atoms with Crippen molar-refractivity contribution in [1.29, 1.82) is 0 Å². The average molecular weight is 392 g/mol. The number of nitrogens with zero attached hydrogens (tertiary/aromatic N) is 2. The van der Waals surface area contributed by atoms with E-state index in [4.69, 9.17) is 9.26 Å². The Kier molecular flexibility index (Phi) is 5.05. The number of halogens is 2. The highest BCUT2D eigenvalue weighted by atomic mass is 19.1. The molecule has 4 rings (SSSR count). The minimum absolute atomic E-state index is 0.128. The molecule has 1 amide bonds. The highest BCUT2D eigenvalue weighted by Crippen LogP contribution is 2.45. The molecule has 1 aliphatic carbocycles. The summed E-state index contributed by atoms with van der Waals surface area (Å²) in [6.45, 7) is 2.37. The first kappa shape index (κ1) is 18.9. The summed E-state index contributed by atoms with van der Waals surface area (Å²) in [5.74, 6) is -0.545. The quantitative estimate of drug-likeness (QED) is 0.808. The zero-order valence-electron chi connectivity index (χ0n) is 15.5. The first-order valence-electron chi connectivity index (χ1n) is 9.49. The van der Waals surface area contributed by atoms with Crippen molar-refractivity contribution in [2.45, 2.75) is 57.3 Å². The van der Waals surface area contributed by atoms with Gasteiger partial charge in [0, 0.05) is 24.1 Å². The lowest BCUT2D eigenvalue weighted by Gasteiger charge is -2.35. The number of amides is 1. The van der Waals surface area contributed by atoms with Gasteiger partial charge in [0.2, 0.25) is 0 Å². The average Bonchev–Trinajstić information content (AvgIpc) is 3.40. The summed E-state index contributed by atoms with van der Waals surface area (Å²) in [6.07, 6.45) is 1.98. The number of hydrogen-bond donors (Lipinski definition) is 1. The number of hydrogen-bond acceptors (Lipinski definition) is 4. The molecule has 1 aromatic carbocycles. The van der Waals surface area contributed by atoms with Crippen molar-refractivity contribution in [3.05, 3.63) is 41.2 Å². The fraction of sp³-hybridized carbons (Fsp3) is 0.500. The molecule has 8 heteroatoms. The number of rotatable bonds is 5. The van der Waals surface area contributed by atoms with Gasteiger partial charge in [-0.2, -0.15) is 0 Å². The van der Waals surface area contributed by atoms with Crippen LogP contribution in [-0.2, 0) is 11.3 Å². The highest BCUT2D eigenvalue weighted by molar-refractivity contribution is 5.66. The third-order valence-corrected chi connectivity index (χ3v) is 5.50. The molecule has 150 valence electrons. The molecule has 1 aliphatic heterocycles. The zero-order chi connectivity index (χ0) is 19.8. The lowest BCUT2D eigenvalue weighted by atomic mass is 10.0. The van der Waals surface area contributed by atoms with Crippen LogP contribution in [0, 0.1) is 11.6 Å². The van der Waals surface area contributed by atoms with Crippen molar-refractivity contribution < 1.29 is 27.9 Å². The monoisotopic (exact) mass is 392 g/mol. The minimum atomic E-state index is -0.932. The highest BCUT2D eigenvalue weighted by Gasteiger charge is 2.35. The van der Waals surface area contributed by atoms with Gasteiger partial charge in [0.15, 0.2) is 0 Å². The van der Waals surface area contributed by atoms with Gasteiger partial charge >= 0.3 is 6.09 Å². The van der Waals surface area contributed by atoms with Crippen molar-refractivity contribution in [2.24, 2.45) is 0 Å². The minimum Gasteiger partial charge on any atom is -0.465 e. The van der Waals surface area contributed by atoms with Gasteiger partial charge in [-0.15, -0.1) is 0 Å². The third kappa shape index (κ3) is 3.61. The van der Waals surface area contributed by atoms with Gasteiger partial charge in [0.1, 0.15) is 23.1 Å². The van der Waals surface area contributed by atoms with Crippen LogP contribution in [0.4, 0.5) is 13.6 Å². The van der Waals surface area contributed by atoms with Gasteiger partial charge in [-0.05, 0) is 44.7 Å². The van der Waals surface area contributed by atoms with Crippen LogP contribution in [0.25, 0.3) is 11.3 Å². The predicted octanol–water partition coefficient (Wildman–Crippen LogP) is 4.54. The Bertz CT molecular complexity index is 861. The lowest BCUT2D eigenvalue weighted by Crippen LogP contribution is -2.46. The summed E-state index contributed by atoms with van der Waals surface area (Å²) in [7, 11) is 0. The second-order valence-corrected chi connectivity index (χ2v) is 7.53. The maximum absolute atomic E-state index is 14.3. The number of likely N-dealkylation sites (tertiary alicyclic amines) is 1. The SMILES string of the molecule is C[C@@H]1CC(OCc2c(-c3c(F)cccc3F)noc2C2CC2)CCN1C(=O)O. The second kappa shape index (κ2) is 7.50. The van der Waals surface area contributed by atoms with Crippen LogP contribution in [0.3, 0.4) is 0 Å². The molecule has 1 saturated heterocycles. The topological polar surface area (TPSA) is 75.8 Å². The molecule has 0 radical (unpaired) electrons. The molecule has 1 saturated carbocycles. The Balaban J connectivity index is 1.55. The van der Waals surface area contributed by atoms with E-state index in [2.05, 4.69) is 5.16 Å². The number of benzene rings is 1. The Labute approximate surface area is 161 Å². The van der Waals surface area contributed by atoms with E-state index in [1.165, 1.54) is 23.1 Å². The predicted molar refractivity (Wildman–Crippen MR) is 95.8 cm³/mol. The van der Waals surface area contributed by atoms with Gasteiger partial charge in [0.25, 0.3) is 0 Å². The Morgan fingerprint density at radius 1 is 1.32 bits per heavy atom. The number of piperidine rings is 1. The summed E-state index contributed by atoms with van der Waals surface area (Å²) in [6, 6.07) is 3.55. The van der Waals surface area contributed by atoms with E-state index in [1.54, 1.807) is 0 Å². The van der Waals surface area contributed by atoms with Crippen LogP contribution >= 0.6 is 0 Å². The fourth-order valence-corrected chi connectivity index (χ4v) is 3.81. The number of carbonyl (C=O) groups is 1. The molecule has 2 heterocycles. The van der Waals surface area contributed by atoms with E-state index in [9.17, 15) is 18.7 Å². The van der Waals surface area contributed by atoms with Gasteiger partial charge < -0.3 is 19.3 Å². The molecule has 0 spiro atoms. The van der Waals surface area contributed by atoms with Gasteiger partial charge in [0.05, 0.1) is 18.3 Å². The molecule has 1 unspecified atom stereocenters. The molecule has 1 N–H and O–H groups in total. The second-order valence-electron chi connectivity index (χ2n) is 7.53. The maximum atomic E-state index is 14.3. The van der Waals surface area contributed by atoms with Gasteiger partial charge in [-0.25, -0.2) is 13.6 Å². The Morgan fingerprint density at radius 2 is 2.04 bits per heavy atom. The summed E-state index contributed by atoms with van der Waals surface area (Å²) < 4.78 is 40.0. The first-order chi connectivity index (χ1) is 13.5. The van der Waals surface area contributed by atoms with Crippen LogP contribution < -0.4 is 0 Å². The fourth-order valence-electron chi connectivity index (χ4n) is 3.81. The van der Waals surface area contributed by atoms with Crippen LogP contribution in [0.5, 0.6) is 0 Å². The van der Waals surface area contributed by atoms with E-state index >= 15 is 0 Å². The number of aromatic nitrogens is 1. The number of carboxylic acid groups (broad SMARTS) is 1. The van der Waals surface area contributed by atoms with E-state index in [-0.39, 0.29) is 35.9 Å². The zero-order valence-corrected chi connectivity index (χ0v) is 15.5.